The maximum atomic E-state index is 11.3. The fourth-order valence-electron chi connectivity index (χ4n) is 2.32. The Morgan fingerprint density at radius 2 is 2.14 bits per heavy atom. The summed E-state index contributed by atoms with van der Waals surface area (Å²) in [6.45, 7) is 1.98. The molecule has 116 valence electrons. The number of ether oxygens (including phenoxy) is 1. The molecule has 2 N–H and O–H groups in total. The lowest BCUT2D eigenvalue weighted by Crippen LogP contribution is -2.25. The molecule has 0 unspecified atom stereocenters. The van der Waals surface area contributed by atoms with Crippen LogP contribution in [-0.2, 0) is 11.3 Å². The van der Waals surface area contributed by atoms with Crippen molar-refractivity contribution in [3.8, 4) is 5.75 Å². The molecule has 0 aliphatic carbocycles. The highest BCUT2D eigenvalue weighted by molar-refractivity contribution is 7.98. The van der Waals surface area contributed by atoms with Gasteiger partial charge < -0.3 is 15.4 Å². The third-order valence-electron chi connectivity index (χ3n) is 3.46. The molecule has 0 atom stereocenters. The first-order chi connectivity index (χ1) is 10.3. The Morgan fingerprint density at radius 3 is 3.00 bits per heavy atom. The number of hydrogen-bond acceptors (Lipinski definition) is 4. The van der Waals surface area contributed by atoms with E-state index in [2.05, 4.69) is 16.9 Å². The van der Waals surface area contributed by atoms with Crippen molar-refractivity contribution in [2.24, 2.45) is 0 Å². The third-order valence-corrected chi connectivity index (χ3v) is 4.15. The monoisotopic (exact) mass is 308 g/mol. The van der Waals surface area contributed by atoms with Crippen LogP contribution in [0.3, 0.4) is 0 Å². The molecule has 1 aliphatic heterocycles. The van der Waals surface area contributed by atoms with Crippen LogP contribution in [0, 0.1) is 0 Å². The van der Waals surface area contributed by atoms with Gasteiger partial charge in [0.2, 0.25) is 0 Å². The van der Waals surface area contributed by atoms with Crippen molar-refractivity contribution in [3.05, 3.63) is 23.8 Å². The van der Waals surface area contributed by atoms with Crippen molar-refractivity contribution >= 4 is 23.4 Å². The maximum absolute atomic E-state index is 11.3. The molecule has 1 heterocycles. The highest BCUT2D eigenvalue weighted by Crippen LogP contribution is 2.28. The largest absolute Gasteiger partial charge is 0.482 e. The van der Waals surface area contributed by atoms with Crippen LogP contribution in [0.2, 0.25) is 0 Å². The van der Waals surface area contributed by atoms with Crippen LogP contribution in [0.15, 0.2) is 18.2 Å². The van der Waals surface area contributed by atoms with Gasteiger partial charge in [-0.25, -0.2) is 0 Å². The SMILES string of the molecule is CSCCCCCCNCc1ccc2c(c1)NC(=O)CO2. The van der Waals surface area contributed by atoms with Crippen molar-refractivity contribution < 1.29 is 9.53 Å². The molecular weight excluding hydrogens is 284 g/mol. The summed E-state index contributed by atoms with van der Waals surface area (Å²) in [6.07, 6.45) is 7.32. The molecule has 0 saturated carbocycles. The van der Waals surface area contributed by atoms with Crippen molar-refractivity contribution in [2.75, 3.05) is 30.5 Å². The topological polar surface area (TPSA) is 50.4 Å². The summed E-state index contributed by atoms with van der Waals surface area (Å²) < 4.78 is 5.35. The molecular formula is C16H24N2O2S. The molecule has 0 aromatic heterocycles. The number of nitrogens with one attached hydrogen (secondary N) is 2. The Bertz CT molecular complexity index is 466. The van der Waals surface area contributed by atoms with E-state index in [9.17, 15) is 4.79 Å². The van der Waals surface area contributed by atoms with E-state index < -0.39 is 0 Å². The molecule has 0 fully saturated rings. The Labute approximate surface area is 131 Å². The van der Waals surface area contributed by atoms with Gasteiger partial charge >= 0.3 is 0 Å². The second kappa shape index (κ2) is 8.95. The van der Waals surface area contributed by atoms with Gasteiger partial charge in [0.05, 0.1) is 5.69 Å². The van der Waals surface area contributed by atoms with Gasteiger partial charge in [0.15, 0.2) is 6.61 Å². The van der Waals surface area contributed by atoms with E-state index in [-0.39, 0.29) is 12.5 Å². The van der Waals surface area contributed by atoms with E-state index in [1.807, 2.05) is 30.0 Å². The summed E-state index contributed by atoms with van der Waals surface area (Å²) >= 11 is 1.92. The fourth-order valence-corrected chi connectivity index (χ4v) is 2.82. The van der Waals surface area contributed by atoms with Crippen LogP contribution in [0.25, 0.3) is 0 Å². The van der Waals surface area contributed by atoms with Gasteiger partial charge in [0.25, 0.3) is 5.91 Å². The fraction of sp³-hybridized carbons (Fsp3) is 0.562. The van der Waals surface area contributed by atoms with Crippen molar-refractivity contribution in [2.45, 2.75) is 32.2 Å². The highest BCUT2D eigenvalue weighted by Gasteiger charge is 2.15. The van der Waals surface area contributed by atoms with E-state index in [1.165, 1.54) is 37.0 Å². The maximum Gasteiger partial charge on any atom is 0.262 e. The lowest BCUT2D eigenvalue weighted by molar-refractivity contribution is -0.118. The van der Waals surface area contributed by atoms with Crippen LogP contribution >= 0.6 is 11.8 Å². The number of fused-ring (bicyclic) bond motifs is 1. The summed E-state index contributed by atoms with van der Waals surface area (Å²) in [5.74, 6) is 1.95. The first-order valence-corrected chi connectivity index (χ1v) is 8.94. The number of thioether (sulfide) groups is 1. The third kappa shape index (κ3) is 5.59. The Balaban J connectivity index is 1.65. The zero-order chi connectivity index (χ0) is 14.9. The normalized spacial score (nSPS) is 13.5. The van der Waals surface area contributed by atoms with Gasteiger partial charge in [0, 0.05) is 6.54 Å². The van der Waals surface area contributed by atoms with Gasteiger partial charge in [-0.1, -0.05) is 18.9 Å². The summed E-state index contributed by atoms with van der Waals surface area (Å²) in [5, 5.41) is 6.29. The number of rotatable bonds is 9. The molecule has 0 saturated heterocycles. The predicted molar refractivity (Wildman–Crippen MR) is 89.1 cm³/mol. The number of benzene rings is 1. The number of anilines is 1. The average Bonchev–Trinajstić information content (AvgIpc) is 2.49. The molecule has 1 amide bonds. The van der Waals surface area contributed by atoms with Gasteiger partial charge in [0.1, 0.15) is 5.75 Å². The van der Waals surface area contributed by atoms with E-state index in [0.717, 1.165) is 24.5 Å². The van der Waals surface area contributed by atoms with Crippen LogP contribution in [0.4, 0.5) is 5.69 Å². The number of carbonyl (C=O) groups excluding carboxylic acids is 1. The number of unbranched alkanes of at least 4 members (excludes halogenated alkanes) is 3. The highest BCUT2D eigenvalue weighted by atomic mass is 32.2. The van der Waals surface area contributed by atoms with Crippen molar-refractivity contribution in [1.29, 1.82) is 0 Å². The number of amides is 1. The van der Waals surface area contributed by atoms with Crippen LogP contribution in [0.1, 0.15) is 31.2 Å². The minimum absolute atomic E-state index is 0.0853. The standard InChI is InChI=1S/C16H24N2O2S/c1-21-9-5-3-2-4-8-17-11-13-6-7-15-14(10-13)18-16(19)12-20-15/h6-7,10,17H,2-5,8-9,11-12H2,1H3,(H,18,19). The van der Waals surface area contributed by atoms with E-state index in [1.54, 1.807) is 0 Å². The summed E-state index contributed by atoms with van der Waals surface area (Å²) in [5.41, 5.74) is 1.95. The molecule has 4 nitrogen and oxygen atoms in total. The zero-order valence-electron chi connectivity index (χ0n) is 12.6. The van der Waals surface area contributed by atoms with Crippen LogP contribution < -0.4 is 15.4 Å². The van der Waals surface area contributed by atoms with Crippen molar-refractivity contribution in [1.82, 2.24) is 5.32 Å². The molecule has 0 bridgehead atoms. The summed E-state index contributed by atoms with van der Waals surface area (Å²) in [4.78, 5) is 11.3. The quantitative estimate of drug-likeness (QED) is 0.689. The van der Waals surface area contributed by atoms with Crippen LogP contribution in [0.5, 0.6) is 5.75 Å². The first-order valence-electron chi connectivity index (χ1n) is 7.55. The summed E-state index contributed by atoms with van der Waals surface area (Å²) in [7, 11) is 0. The smallest absolute Gasteiger partial charge is 0.262 e. The first kappa shape index (κ1) is 16.2. The Morgan fingerprint density at radius 1 is 1.29 bits per heavy atom. The molecule has 2 rings (SSSR count). The predicted octanol–water partition coefficient (Wildman–Crippen LogP) is 3.03. The van der Waals surface area contributed by atoms with Gasteiger partial charge in [-0.3, -0.25) is 4.79 Å². The molecule has 1 aromatic carbocycles. The molecule has 1 aliphatic rings. The Hall–Kier alpha value is -1.20. The lowest BCUT2D eigenvalue weighted by atomic mass is 10.1. The van der Waals surface area contributed by atoms with E-state index in [0.29, 0.717) is 0 Å². The van der Waals surface area contributed by atoms with Gasteiger partial charge in [-0.05, 0) is 49.1 Å². The second-order valence-electron chi connectivity index (χ2n) is 5.25. The summed E-state index contributed by atoms with van der Waals surface area (Å²) in [6, 6.07) is 5.95. The van der Waals surface area contributed by atoms with Crippen molar-refractivity contribution in [3.63, 3.8) is 0 Å². The number of hydrogen-bond donors (Lipinski definition) is 2. The average molecular weight is 308 g/mol. The molecule has 21 heavy (non-hydrogen) atoms. The van der Waals surface area contributed by atoms with Gasteiger partial charge in [-0.2, -0.15) is 11.8 Å². The van der Waals surface area contributed by atoms with E-state index in [4.69, 9.17) is 4.74 Å². The van der Waals surface area contributed by atoms with Gasteiger partial charge in [-0.15, -0.1) is 0 Å². The zero-order valence-corrected chi connectivity index (χ0v) is 13.4. The Kier molecular flexibility index (Phi) is 6.89. The molecule has 1 aromatic rings. The molecule has 0 radical (unpaired) electrons. The van der Waals surface area contributed by atoms with Crippen LogP contribution in [-0.4, -0.2) is 31.1 Å². The molecule has 0 spiro atoms. The minimum atomic E-state index is -0.0853. The second-order valence-corrected chi connectivity index (χ2v) is 6.24. The minimum Gasteiger partial charge on any atom is -0.482 e. The number of carbonyl (C=O) groups is 1. The lowest BCUT2D eigenvalue weighted by Gasteiger charge is -2.18. The molecule has 5 heteroatoms. The van der Waals surface area contributed by atoms with E-state index >= 15 is 0 Å².